The fourth-order valence-corrected chi connectivity index (χ4v) is 3.41. The molecule has 0 bridgehead atoms. The molecule has 0 aliphatic heterocycles. The number of hydrogen-bond donors (Lipinski definition) is 1. The van der Waals surface area contributed by atoms with Crippen molar-refractivity contribution in [2.45, 2.75) is 25.3 Å². The van der Waals surface area contributed by atoms with Gasteiger partial charge in [-0.25, -0.2) is 8.42 Å². The minimum atomic E-state index is -3.43. The van der Waals surface area contributed by atoms with Crippen molar-refractivity contribution in [2.24, 2.45) is 0 Å². The van der Waals surface area contributed by atoms with Gasteiger partial charge in [-0.05, 0) is 40.9 Å². The van der Waals surface area contributed by atoms with Crippen molar-refractivity contribution < 1.29 is 13.2 Å². The molecule has 1 aromatic carbocycles. The number of halogens is 1. The molecule has 1 aliphatic rings. The van der Waals surface area contributed by atoms with Gasteiger partial charge in [-0.3, -0.25) is 9.10 Å². The van der Waals surface area contributed by atoms with E-state index in [0.717, 1.165) is 19.1 Å². The number of benzene rings is 1. The molecule has 0 saturated heterocycles. The monoisotopic (exact) mass is 360 g/mol. The van der Waals surface area contributed by atoms with Crippen LogP contribution in [0.15, 0.2) is 28.7 Å². The number of anilines is 1. The van der Waals surface area contributed by atoms with E-state index in [9.17, 15) is 13.2 Å². The molecule has 2 rings (SSSR count). The molecule has 1 aromatic rings. The topological polar surface area (TPSA) is 66.5 Å². The van der Waals surface area contributed by atoms with E-state index >= 15 is 0 Å². The summed E-state index contributed by atoms with van der Waals surface area (Å²) >= 11 is 3.34. The molecule has 1 aliphatic carbocycles. The highest BCUT2D eigenvalue weighted by molar-refractivity contribution is 9.10. The first kappa shape index (κ1) is 15.3. The summed E-state index contributed by atoms with van der Waals surface area (Å²) in [6.07, 6.45) is 3.34. The predicted molar refractivity (Wildman–Crippen MR) is 82.1 cm³/mol. The molecule has 7 heteroatoms. The van der Waals surface area contributed by atoms with Gasteiger partial charge in [0.1, 0.15) is 0 Å². The zero-order valence-electron chi connectivity index (χ0n) is 11.2. The highest BCUT2D eigenvalue weighted by Crippen LogP contribution is 2.27. The fraction of sp³-hybridized carbons (Fsp3) is 0.462. The molecular formula is C13H17BrN2O3S. The summed E-state index contributed by atoms with van der Waals surface area (Å²) in [5.41, 5.74) is 0.550. The maximum atomic E-state index is 11.9. The maximum Gasteiger partial charge on any atom is 0.232 e. The first-order valence-electron chi connectivity index (χ1n) is 6.39. The summed E-state index contributed by atoms with van der Waals surface area (Å²) in [5, 5.41) is 2.85. The zero-order valence-corrected chi connectivity index (χ0v) is 13.6. The second-order valence-corrected chi connectivity index (χ2v) is 7.64. The van der Waals surface area contributed by atoms with Gasteiger partial charge in [-0.2, -0.15) is 0 Å². The third-order valence-corrected chi connectivity index (χ3v) is 4.86. The van der Waals surface area contributed by atoms with Crippen LogP contribution in [0.5, 0.6) is 0 Å². The minimum Gasteiger partial charge on any atom is -0.353 e. The number of rotatable bonds is 6. The quantitative estimate of drug-likeness (QED) is 0.842. The Morgan fingerprint density at radius 1 is 1.40 bits per heavy atom. The number of nitrogens with one attached hydrogen (secondary N) is 1. The summed E-state index contributed by atoms with van der Waals surface area (Å²) in [4.78, 5) is 11.7. The van der Waals surface area contributed by atoms with Crippen LogP contribution in [0.25, 0.3) is 0 Å². The van der Waals surface area contributed by atoms with Crippen molar-refractivity contribution in [2.75, 3.05) is 17.1 Å². The van der Waals surface area contributed by atoms with Gasteiger partial charge in [0.2, 0.25) is 15.9 Å². The SMILES string of the molecule is CS(=O)(=O)N(CCC(=O)NC1CC1)c1ccccc1Br. The highest BCUT2D eigenvalue weighted by Gasteiger charge is 2.25. The molecule has 1 amide bonds. The van der Waals surface area contributed by atoms with Gasteiger partial charge in [0.25, 0.3) is 0 Å². The average Bonchev–Trinajstić information content (AvgIpc) is 3.14. The highest BCUT2D eigenvalue weighted by atomic mass is 79.9. The molecule has 0 atom stereocenters. The molecule has 0 unspecified atom stereocenters. The lowest BCUT2D eigenvalue weighted by atomic mass is 10.3. The number of amides is 1. The number of hydrogen-bond acceptors (Lipinski definition) is 3. The third-order valence-electron chi connectivity index (χ3n) is 3.01. The van der Waals surface area contributed by atoms with E-state index in [4.69, 9.17) is 0 Å². The van der Waals surface area contributed by atoms with Crippen molar-refractivity contribution in [1.82, 2.24) is 5.32 Å². The summed E-state index contributed by atoms with van der Waals surface area (Å²) in [6, 6.07) is 7.36. The Morgan fingerprint density at radius 3 is 2.60 bits per heavy atom. The van der Waals surface area contributed by atoms with Crippen LogP contribution < -0.4 is 9.62 Å². The Morgan fingerprint density at radius 2 is 2.05 bits per heavy atom. The van der Waals surface area contributed by atoms with Gasteiger partial charge < -0.3 is 5.32 Å². The molecule has 0 radical (unpaired) electrons. The molecule has 0 aromatic heterocycles. The van der Waals surface area contributed by atoms with E-state index in [-0.39, 0.29) is 24.9 Å². The molecular weight excluding hydrogens is 344 g/mol. The molecule has 0 spiro atoms. The van der Waals surface area contributed by atoms with Crippen LogP contribution >= 0.6 is 15.9 Å². The van der Waals surface area contributed by atoms with Gasteiger partial charge >= 0.3 is 0 Å². The second-order valence-electron chi connectivity index (χ2n) is 4.88. The van der Waals surface area contributed by atoms with Crippen molar-refractivity contribution >= 4 is 37.5 Å². The predicted octanol–water partition coefficient (Wildman–Crippen LogP) is 1.88. The van der Waals surface area contributed by atoms with E-state index < -0.39 is 10.0 Å². The summed E-state index contributed by atoms with van der Waals surface area (Å²) in [6.45, 7) is 0.139. The van der Waals surface area contributed by atoms with Crippen molar-refractivity contribution in [3.63, 3.8) is 0 Å². The van der Waals surface area contributed by atoms with Crippen LogP contribution in [0, 0.1) is 0 Å². The van der Waals surface area contributed by atoms with Crippen LogP contribution in [-0.4, -0.2) is 33.2 Å². The Balaban J connectivity index is 2.08. The Kier molecular flexibility index (Phi) is 4.70. The lowest BCUT2D eigenvalue weighted by molar-refractivity contribution is -0.121. The van der Waals surface area contributed by atoms with E-state index in [1.807, 2.05) is 6.07 Å². The number of para-hydroxylation sites is 1. The van der Waals surface area contributed by atoms with E-state index in [1.165, 1.54) is 4.31 Å². The number of nitrogens with zero attached hydrogens (tertiary/aromatic N) is 1. The van der Waals surface area contributed by atoms with Crippen molar-refractivity contribution in [3.8, 4) is 0 Å². The molecule has 1 fully saturated rings. The summed E-state index contributed by atoms with van der Waals surface area (Å²) < 4.78 is 25.8. The standard InChI is InChI=1S/C13H17BrN2O3S/c1-20(18,19)16(12-5-3-2-4-11(12)14)9-8-13(17)15-10-6-7-10/h2-5,10H,6-9H2,1H3,(H,15,17). The molecule has 20 heavy (non-hydrogen) atoms. The second kappa shape index (κ2) is 6.13. The van der Waals surface area contributed by atoms with Gasteiger partial charge in [0.05, 0.1) is 11.9 Å². The Hall–Kier alpha value is -1.08. The third kappa shape index (κ3) is 4.21. The van der Waals surface area contributed by atoms with Crippen LogP contribution in [0.2, 0.25) is 0 Å². The average molecular weight is 361 g/mol. The lowest BCUT2D eigenvalue weighted by Crippen LogP contribution is -2.35. The minimum absolute atomic E-state index is 0.104. The van der Waals surface area contributed by atoms with Crippen LogP contribution in [0.1, 0.15) is 19.3 Å². The normalized spacial score (nSPS) is 14.9. The van der Waals surface area contributed by atoms with Gasteiger partial charge in [0, 0.05) is 23.5 Å². The molecule has 1 saturated carbocycles. The van der Waals surface area contributed by atoms with E-state index in [2.05, 4.69) is 21.2 Å². The van der Waals surface area contributed by atoms with Gasteiger partial charge in [0.15, 0.2) is 0 Å². The largest absolute Gasteiger partial charge is 0.353 e. The number of carbonyl (C=O) groups is 1. The van der Waals surface area contributed by atoms with Gasteiger partial charge in [-0.15, -0.1) is 0 Å². The molecule has 0 heterocycles. The smallest absolute Gasteiger partial charge is 0.232 e. The van der Waals surface area contributed by atoms with Crippen LogP contribution in [-0.2, 0) is 14.8 Å². The fourth-order valence-electron chi connectivity index (χ4n) is 1.85. The first-order chi connectivity index (χ1) is 9.38. The number of carbonyl (C=O) groups excluding carboxylic acids is 1. The zero-order chi connectivity index (χ0) is 14.8. The first-order valence-corrected chi connectivity index (χ1v) is 9.03. The Bertz CT molecular complexity index is 599. The van der Waals surface area contributed by atoms with Crippen molar-refractivity contribution in [1.29, 1.82) is 0 Å². The van der Waals surface area contributed by atoms with E-state index in [0.29, 0.717) is 10.2 Å². The lowest BCUT2D eigenvalue weighted by Gasteiger charge is -2.23. The molecule has 1 N–H and O–H groups in total. The number of sulfonamides is 1. The van der Waals surface area contributed by atoms with Crippen LogP contribution in [0.4, 0.5) is 5.69 Å². The molecule has 110 valence electrons. The maximum absolute atomic E-state index is 11.9. The summed E-state index contributed by atoms with van der Waals surface area (Å²) in [7, 11) is -3.43. The van der Waals surface area contributed by atoms with Crippen LogP contribution in [0.3, 0.4) is 0 Å². The van der Waals surface area contributed by atoms with Crippen molar-refractivity contribution in [3.05, 3.63) is 28.7 Å². The summed E-state index contributed by atoms with van der Waals surface area (Å²) in [5.74, 6) is -0.104. The van der Waals surface area contributed by atoms with Gasteiger partial charge in [-0.1, -0.05) is 12.1 Å². The molecule has 5 nitrogen and oxygen atoms in total. The Labute approximate surface area is 127 Å². The van der Waals surface area contributed by atoms with E-state index in [1.54, 1.807) is 18.2 Å².